The van der Waals surface area contributed by atoms with Crippen LogP contribution in [0.3, 0.4) is 0 Å². The van der Waals surface area contributed by atoms with Crippen molar-refractivity contribution in [1.82, 2.24) is 5.43 Å². The van der Waals surface area contributed by atoms with Crippen LogP contribution in [0.5, 0.6) is 0 Å². The molecule has 0 aliphatic carbocycles. The van der Waals surface area contributed by atoms with E-state index in [9.17, 15) is 8.42 Å². The van der Waals surface area contributed by atoms with E-state index in [-0.39, 0.29) is 11.8 Å². The summed E-state index contributed by atoms with van der Waals surface area (Å²) in [7, 11) is -2.97. The zero-order chi connectivity index (χ0) is 13.2. The van der Waals surface area contributed by atoms with Crippen molar-refractivity contribution >= 4 is 31.3 Å². The molecule has 3 N–H and O–H groups in total. The fourth-order valence-corrected chi connectivity index (χ4v) is 3.61. The Hall–Kier alpha value is -0.950. The summed E-state index contributed by atoms with van der Waals surface area (Å²) < 4.78 is 23.6. The highest BCUT2D eigenvalue weighted by molar-refractivity contribution is 7.90. The average molecular weight is 284 g/mol. The summed E-state index contributed by atoms with van der Waals surface area (Å²) in [5.74, 6) is 5.68. The second kappa shape index (κ2) is 5.36. The van der Waals surface area contributed by atoms with Crippen molar-refractivity contribution in [1.29, 1.82) is 0 Å². The number of fused-ring (bicyclic) bond motifs is 1. The number of nitrogens with one attached hydrogen (secondary N) is 1. The highest BCUT2D eigenvalue weighted by atomic mass is 32.2. The number of hydrogen-bond acceptors (Lipinski definition) is 5. The lowest BCUT2D eigenvalue weighted by atomic mass is 10.0. The Morgan fingerprint density at radius 1 is 1.39 bits per heavy atom. The Morgan fingerprint density at radius 2 is 2.11 bits per heavy atom. The fourth-order valence-electron chi connectivity index (χ4n) is 1.93. The predicted molar refractivity (Wildman–Crippen MR) is 76.2 cm³/mol. The van der Waals surface area contributed by atoms with Gasteiger partial charge in [-0.3, -0.25) is 11.3 Å². The Bertz CT molecular complexity index is 634. The van der Waals surface area contributed by atoms with E-state index in [4.69, 9.17) is 5.84 Å². The Labute approximate surface area is 111 Å². The van der Waals surface area contributed by atoms with E-state index < -0.39 is 9.84 Å². The number of hydrazine groups is 1. The largest absolute Gasteiger partial charge is 0.271 e. The van der Waals surface area contributed by atoms with Gasteiger partial charge in [-0.2, -0.15) is 0 Å². The minimum absolute atomic E-state index is 0.129. The molecule has 6 heteroatoms. The fraction of sp³-hybridized carbons (Fsp3) is 0.333. The number of thiophene rings is 1. The quantitative estimate of drug-likeness (QED) is 0.649. The Balaban J connectivity index is 2.27. The zero-order valence-electron chi connectivity index (χ0n) is 10.1. The first kappa shape index (κ1) is 13.5. The van der Waals surface area contributed by atoms with Gasteiger partial charge >= 0.3 is 0 Å². The molecule has 1 unspecified atom stereocenters. The molecule has 2 rings (SSSR count). The molecule has 0 aliphatic rings. The summed E-state index contributed by atoms with van der Waals surface area (Å²) in [6.45, 7) is 0. The van der Waals surface area contributed by atoms with E-state index in [2.05, 4.69) is 5.43 Å². The number of nitrogens with two attached hydrogens (primary N) is 1. The van der Waals surface area contributed by atoms with Gasteiger partial charge in [0.2, 0.25) is 0 Å². The minimum atomic E-state index is -2.97. The first-order valence-electron chi connectivity index (χ1n) is 5.61. The van der Waals surface area contributed by atoms with Gasteiger partial charge in [-0.05, 0) is 28.8 Å². The first-order valence-corrected chi connectivity index (χ1v) is 8.55. The van der Waals surface area contributed by atoms with Crippen LogP contribution >= 0.6 is 11.3 Å². The molecule has 0 radical (unpaired) electrons. The van der Waals surface area contributed by atoms with Gasteiger partial charge in [-0.25, -0.2) is 8.42 Å². The van der Waals surface area contributed by atoms with Crippen molar-refractivity contribution < 1.29 is 8.42 Å². The van der Waals surface area contributed by atoms with E-state index in [0.29, 0.717) is 6.42 Å². The van der Waals surface area contributed by atoms with Crippen LogP contribution in [0.15, 0.2) is 29.6 Å². The SMILES string of the molecule is CS(=O)(=O)CCC(NN)c1csc2ccccc12. The number of benzene rings is 1. The van der Waals surface area contributed by atoms with Gasteiger partial charge in [-0.15, -0.1) is 11.3 Å². The molecule has 0 aliphatic heterocycles. The van der Waals surface area contributed by atoms with Crippen molar-refractivity contribution in [2.24, 2.45) is 5.84 Å². The van der Waals surface area contributed by atoms with E-state index in [1.165, 1.54) is 11.0 Å². The van der Waals surface area contributed by atoms with Gasteiger partial charge < -0.3 is 0 Å². The lowest BCUT2D eigenvalue weighted by Gasteiger charge is -2.14. The molecule has 1 aromatic heterocycles. The van der Waals surface area contributed by atoms with E-state index in [0.717, 1.165) is 10.9 Å². The van der Waals surface area contributed by atoms with Gasteiger partial charge in [0.1, 0.15) is 9.84 Å². The third-order valence-corrected chi connectivity index (χ3v) is 4.82. The van der Waals surface area contributed by atoms with Crippen LogP contribution in [0.4, 0.5) is 0 Å². The van der Waals surface area contributed by atoms with Gasteiger partial charge in [0.05, 0.1) is 5.75 Å². The van der Waals surface area contributed by atoms with Crippen molar-refractivity contribution in [3.8, 4) is 0 Å². The summed E-state index contributed by atoms with van der Waals surface area (Å²) in [6.07, 6.45) is 1.72. The third kappa shape index (κ3) is 3.08. The summed E-state index contributed by atoms with van der Waals surface area (Å²) in [5.41, 5.74) is 3.78. The third-order valence-electron chi connectivity index (χ3n) is 2.86. The molecule has 0 saturated heterocycles. The minimum Gasteiger partial charge on any atom is -0.271 e. The van der Waals surface area contributed by atoms with Crippen molar-refractivity contribution in [3.63, 3.8) is 0 Å². The molecule has 1 heterocycles. The maximum atomic E-state index is 11.2. The van der Waals surface area contributed by atoms with Crippen LogP contribution in [-0.4, -0.2) is 20.4 Å². The molecule has 4 nitrogen and oxygen atoms in total. The molecule has 0 fully saturated rings. The second-order valence-corrected chi connectivity index (χ2v) is 7.50. The lowest BCUT2D eigenvalue weighted by molar-refractivity contribution is 0.535. The maximum Gasteiger partial charge on any atom is 0.147 e. The van der Waals surface area contributed by atoms with Crippen molar-refractivity contribution in [3.05, 3.63) is 35.2 Å². The van der Waals surface area contributed by atoms with Crippen LogP contribution in [0, 0.1) is 0 Å². The van der Waals surface area contributed by atoms with Crippen LogP contribution in [0.1, 0.15) is 18.0 Å². The van der Waals surface area contributed by atoms with E-state index in [1.54, 1.807) is 11.3 Å². The topological polar surface area (TPSA) is 72.2 Å². The molecule has 1 atom stereocenters. The molecule has 2 aromatic rings. The molecular weight excluding hydrogens is 268 g/mol. The van der Waals surface area contributed by atoms with Gasteiger partial charge in [0.15, 0.2) is 0 Å². The van der Waals surface area contributed by atoms with Crippen LogP contribution < -0.4 is 11.3 Å². The van der Waals surface area contributed by atoms with E-state index >= 15 is 0 Å². The lowest BCUT2D eigenvalue weighted by Crippen LogP contribution is -2.29. The van der Waals surface area contributed by atoms with E-state index in [1.807, 2.05) is 29.6 Å². The molecule has 1 aromatic carbocycles. The monoisotopic (exact) mass is 284 g/mol. The summed E-state index contributed by atoms with van der Waals surface area (Å²) in [4.78, 5) is 0. The zero-order valence-corrected chi connectivity index (χ0v) is 11.7. The summed E-state index contributed by atoms with van der Waals surface area (Å²) >= 11 is 1.65. The maximum absolute atomic E-state index is 11.2. The number of hydrogen-bond donors (Lipinski definition) is 2. The van der Waals surface area contributed by atoms with Crippen molar-refractivity contribution in [2.75, 3.05) is 12.0 Å². The molecule has 98 valence electrons. The molecular formula is C12H16N2O2S2. The standard InChI is InChI=1S/C12H16N2O2S2/c1-18(15,16)7-6-11(14-13)10-8-17-12-5-3-2-4-9(10)12/h2-5,8,11,14H,6-7,13H2,1H3. The van der Waals surface area contributed by atoms with Crippen LogP contribution in [0.25, 0.3) is 10.1 Å². The predicted octanol–water partition coefficient (Wildman–Crippen LogP) is 1.84. The molecule has 0 spiro atoms. The second-order valence-electron chi connectivity index (χ2n) is 4.33. The average Bonchev–Trinajstić information content (AvgIpc) is 2.73. The van der Waals surface area contributed by atoms with Crippen molar-refractivity contribution in [2.45, 2.75) is 12.5 Å². The number of sulfone groups is 1. The molecule has 0 saturated carbocycles. The summed E-state index contributed by atoms with van der Waals surface area (Å²) in [6, 6.07) is 7.92. The Morgan fingerprint density at radius 3 is 2.78 bits per heavy atom. The van der Waals surface area contributed by atoms with Gasteiger partial charge in [-0.1, -0.05) is 18.2 Å². The Kier molecular flexibility index (Phi) is 4.01. The molecule has 0 amide bonds. The highest BCUT2D eigenvalue weighted by Gasteiger charge is 2.16. The normalized spacial score (nSPS) is 13.9. The number of rotatable bonds is 5. The van der Waals surface area contributed by atoms with Gasteiger partial charge in [0.25, 0.3) is 0 Å². The van der Waals surface area contributed by atoms with Crippen LogP contribution in [-0.2, 0) is 9.84 Å². The van der Waals surface area contributed by atoms with Crippen LogP contribution in [0.2, 0.25) is 0 Å². The van der Waals surface area contributed by atoms with Gasteiger partial charge in [0, 0.05) is 17.0 Å². The molecule has 18 heavy (non-hydrogen) atoms. The first-order chi connectivity index (χ1) is 8.51. The smallest absolute Gasteiger partial charge is 0.147 e. The highest BCUT2D eigenvalue weighted by Crippen LogP contribution is 2.31. The molecule has 0 bridgehead atoms. The summed E-state index contributed by atoms with van der Waals surface area (Å²) in [5, 5.41) is 3.18.